The molecule has 1 aromatic heterocycles. The molecule has 0 spiro atoms. The molecule has 1 aliphatic rings. The minimum absolute atomic E-state index is 0.127. The Bertz CT molecular complexity index is 1310. The first-order chi connectivity index (χ1) is 16.9. The summed E-state index contributed by atoms with van der Waals surface area (Å²) >= 11 is 13.4. The number of benzene rings is 2. The monoisotopic (exact) mass is 531 g/mol. The minimum Gasteiger partial charge on any atom is -0.502 e. The molecule has 8 nitrogen and oxygen atoms in total. The highest BCUT2D eigenvalue weighted by Gasteiger charge is 2.34. The van der Waals surface area contributed by atoms with Gasteiger partial charge in [-0.3, -0.25) is 9.69 Å². The maximum absolute atomic E-state index is 13.3. The maximum atomic E-state index is 13.3. The van der Waals surface area contributed by atoms with Gasteiger partial charge in [-0.05, 0) is 53.7 Å². The number of nitrogens with zero attached hydrogens (tertiary/aromatic N) is 3. The molecule has 2 aromatic carbocycles. The number of hydrogen-bond donors (Lipinski definition) is 1. The molecule has 1 fully saturated rings. The fourth-order valence-corrected chi connectivity index (χ4v) is 4.48. The van der Waals surface area contributed by atoms with Crippen molar-refractivity contribution in [3.8, 4) is 17.2 Å². The molecule has 1 N–H and O–H groups in total. The van der Waals surface area contributed by atoms with Crippen LogP contribution in [0.5, 0.6) is 17.2 Å². The Morgan fingerprint density at radius 3 is 2.54 bits per heavy atom. The molecular weight excluding hydrogens is 513 g/mol. The van der Waals surface area contributed by atoms with E-state index in [0.29, 0.717) is 37.0 Å². The van der Waals surface area contributed by atoms with Gasteiger partial charge in [0, 0.05) is 5.56 Å². The summed E-state index contributed by atoms with van der Waals surface area (Å²) in [5.74, 6) is 0.611. The summed E-state index contributed by atoms with van der Waals surface area (Å²) in [4.78, 5) is 15.1. The number of amides is 1. The third-order valence-electron chi connectivity index (χ3n) is 4.90. The molecule has 11 heteroatoms. The average molecular weight is 532 g/mol. The van der Waals surface area contributed by atoms with Crippen molar-refractivity contribution >= 4 is 58.3 Å². The number of aromatic hydroxyl groups is 1. The van der Waals surface area contributed by atoms with E-state index in [2.05, 4.69) is 10.2 Å². The van der Waals surface area contributed by atoms with Gasteiger partial charge in [0.2, 0.25) is 5.75 Å². The number of carbonyl (C=O) groups is 1. The van der Waals surface area contributed by atoms with E-state index in [1.165, 1.54) is 31.6 Å². The van der Waals surface area contributed by atoms with Gasteiger partial charge in [-0.15, -0.1) is 5.10 Å². The third-order valence-corrected chi connectivity index (χ3v) is 6.73. The zero-order chi connectivity index (χ0) is 24.9. The van der Waals surface area contributed by atoms with E-state index in [1.54, 1.807) is 48.5 Å². The summed E-state index contributed by atoms with van der Waals surface area (Å²) in [6.07, 6.45) is 4.66. The molecule has 1 saturated heterocycles. The lowest BCUT2D eigenvalue weighted by Gasteiger charge is -2.12. The highest BCUT2D eigenvalue weighted by atomic mass is 35.5. The van der Waals surface area contributed by atoms with E-state index in [0.717, 1.165) is 11.8 Å². The number of hydrogen-bond acceptors (Lipinski definition) is 8. The normalized spacial score (nSPS) is 16.1. The molecule has 0 saturated carbocycles. The van der Waals surface area contributed by atoms with Gasteiger partial charge in [0.05, 0.1) is 48.2 Å². The van der Waals surface area contributed by atoms with Crippen LogP contribution in [0.3, 0.4) is 0 Å². The van der Waals surface area contributed by atoms with Crippen LogP contribution in [0, 0.1) is 0 Å². The van der Waals surface area contributed by atoms with Crippen molar-refractivity contribution in [3.63, 3.8) is 0 Å². The summed E-state index contributed by atoms with van der Waals surface area (Å²) in [6, 6.07) is 11.9. The zero-order valence-corrected chi connectivity index (χ0v) is 20.9. The predicted octanol–water partition coefficient (Wildman–Crippen LogP) is 5.82. The van der Waals surface area contributed by atoms with Crippen LogP contribution in [0.2, 0.25) is 10.0 Å². The van der Waals surface area contributed by atoms with Gasteiger partial charge >= 0.3 is 0 Å². The summed E-state index contributed by atoms with van der Waals surface area (Å²) in [7, 11) is 2.86. The minimum atomic E-state index is -0.285. The topological polar surface area (TPSA) is 96.9 Å². The number of methoxy groups -OCH3 is 2. The SMILES string of the molecule is COc1cc(/C=C2\S/C(=N\N=C\c3cccc(Cl)c3Cl)N(Cc3ccco3)C2=O)cc(OC)c1O. The first-order valence-electron chi connectivity index (χ1n) is 10.1. The standard InChI is InChI=1S/C24H19Cl2N3O5S/c1-32-18-9-14(10-19(33-2)22(18)30)11-20-23(31)29(13-16-6-4-8-34-16)24(35-20)28-27-12-15-5-3-7-17(25)21(15)26/h3-12,30H,13H2,1-2H3/b20-11-,27-12+,28-24-. The summed E-state index contributed by atoms with van der Waals surface area (Å²) in [5.41, 5.74) is 1.19. The van der Waals surface area contributed by atoms with E-state index >= 15 is 0 Å². The highest BCUT2D eigenvalue weighted by Crippen LogP contribution is 2.40. The molecule has 180 valence electrons. The van der Waals surface area contributed by atoms with Crippen LogP contribution in [0.25, 0.3) is 6.08 Å². The van der Waals surface area contributed by atoms with Crippen molar-refractivity contribution in [2.75, 3.05) is 14.2 Å². The molecule has 1 aliphatic heterocycles. The van der Waals surface area contributed by atoms with Crippen LogP contribution in [-0.2, 0) is 11.3 Å². The molecule has 0 unspecified atom stereocenters. The van der Waals surface area contributed by atoms with E-state index in [-0.39, 0.29) is 29.7 Å². The van der Waals surface area contributed by atoms with Crippen molar-refractivity contribution in [2.24, 2.45) is 10.2 Å². The molecular formula is C24H19Cl2N3O5S. The Morgan fingerprint density at radius 2 is 1.89 bits per heavy atom. The van der Waals surface area contributed by atoms with Gasteiger partial charge in [0.25, 0.3) is 5.91 Å². The highest BCUT2D eigenvalue weighted by molar-refractivity contribution is 8.18. The molecule has 0 radical (unpaired) electrons. The number of ether oxygens (including phenoxy) is 2. The van der Waals surface area contributed by atoms with Gasteiger partial charge in [-0.25, -0.2) is 0 Å². The van der Waals surface area contributed by atoms with Crippen LogP contribution in [0.1, 0.15) is 16.9 Å². The summed E-state index contributed by atoms with van der Waals surface area (Å²) < 4.78 is 15.8. The Hall–Kier alpha value is -3.40. The molecule has 3 aromatic rings. The smallest absolute Gasteiger partial charge is 0.267 e. The van der Waals surface area contributed by atoms with E-state index < -0.39 is 0 Å². The van der Waals surface area contributed by atoms with Gasteiger partial charge < -0.3 is 19.0 Å². The molecule has 0 aliphatic carbocycles. The Labute approximate surface area is 215 Å². The first kappa shape index (κ1) is 24.7. The lowest BCUT2D eigenvalue weighted by molar-refractivity contribution is -0.122. The Kier molecular flexibility index (Phi) is 7.70. The fraction of sp³-hybridized carbons (Fsp3) is 0.125. The summed E-state index contributed by atoms with van der Waals surface area (Å²) in [6.45, 7) is 0.171. The first-order valence-corrected chi connectivity index (χ1v) is 11.7. The van der Waals surface area contributed by atoms with E-state index in [1.807, 2.05) is 0 Å². The van der Waals surface area contributed by atoms with Crippen LogP contribution in [-0.4, -0.2) is 41.5 Å². The number of carbonyl (C=O) groups excluding carboxylic acids is 1. The third kappa shape index (κ3) is 5.48. The lowest BCUT2D eigenvalue weighted by Crippen LogP contribution is -2.28. The quantitative estimate of drug-likeness (QED) is 0.234. The van der Waals surface area contributed by atoms with Gasteiger partial charge in [-0.1, -0.05) is 35.3 Å². The van der Waals surface area contributed by atoms with Crippen LogP contribution in [0.15, 0.2) is 68.3 Å². The second-order valence-corrected chi connectivity index (χ2v) is 8.92. The lowest BCUT2D eigenvalue weighted by atomic mass is 10.1. The number of amidine groups is 1. The van der Waals surface area contributed by atoms with E-state index in [9.17, 15) is 9.90 Å². The predicted molar refractivity (Wildman–Crippen MR) is 138 cm³/mol. The number of rotatable bonds is 7. The molecule has 0 atom stereocenters. The molecule has 0 bridgehead atoms. The molecule has 4 rings (SSSR count). The van der Waals surface area contributed by atoms with Gasteiger partial charge in [0.15, 0.2) is 16.7 Å². The number of halogens is 2. The molecule has 35 heavy (non-hydrogen) atoms. The maximum Gasteiger partial charge on any atom is 0.267 e. The van der Waals surface area contributed by atoms with Gasteiger partial charge in [0.1, 0.15) is 5.76 Å². The van der Waals surface area contributed by atoms with Crippen molar-refractivity contribution in [1.29, 1.82) is 0 Å². The number of phenolic OH excluding ortho intramolecular Hbond substituents is 1. The molecule has 1 amide bonds. The van der Waals surface area contributed by atoms with Crippen molar-refractivity contribution < 1.29 is 23.8 Å². The molecule has 2 heterocycles. The average Bonchev–Trinajstić information content (AvgIpc) is 3.47. The number of thioether (sulfide) groups is 1. The van der Waals surface area contributed by atoms with Gasteiger partial charge in [-0.2, -0.15) is 5.10 Å². The second kappa shape index (κ2) is 10.9. The van der Waals surface area contributed by atoms with E-state index in [4.69, 9.17) is 37.1 Å². The largest absolute Gasteiger partial charge is 0.502 e. The zero-order valence-electron chi connectivity index (χ0n) is 18.6. The summed E-state index contributed by atoms with van der Waals surface area (Å²) in [5, 5.41) is 19.7. The second-order valence-electron chi connectivity index (χ2n) is 7.13. The van der Waals surface area contributed by atoms with Crippen molar-refractivity contribution in [3.05, 3.63) is 80.6 Å². The Balaban J connectivity index is 1.68. The van der Waals surface area contributed by atoms with Crippen molar-refractivity contribution in [2.45, 2.75) is 6.54 Å². The number of phenols is 1. The van der Waals surface area contributed by atoms with Crippen LogP contribution >= 0.6 is 35.0 Å². The number of furan rings is 1. The van der Waals surface area contributed by atoms with Crippen LogP contribution < -0.4 is 9.47 Å². The Morgan fingerprint density at radius 1 is 1.14 bits per heavy atom. The van der Waals surface area contributed by atoms with Crippen LogP contribution in [0.4, 0.5) is 0 Å². The van der Waals surface area contributed by atoms with Crippen molar-refractivity contribution in [1.82, 2.24) is 4.90 Å². The fourth-order valence-electron chi connectivity index (χ4n) is 3.19.